The van der Waals surface area contributed by atoms with Crippen LogP contribution in [0.25, 0.3) is 0 Å². The fourth-order valence-electron chi connectivity index (χ4n) is 2.83. The monoisotopic (exact) mass is 325 g/mol. The van der Waals surface area contributed by atoms with Crippen molar-refractivity contribution in [1.82, 2.24) is 4.90 Å². The Kier molecular flexibility index (Phi) is 4.78. The number of hydrogen-bond acceptors (Lipinski definition) is 5. The summed E-state index contributed by atoms with van der Waals surface area (Å²) in [6.45, 7) is 8.62. The number of nitrogens with zero attached hydrogens (tertiary/aromatic N) is 5. The summed E-state index contributed by atoms with van der Waals surface area (Å²) in [5.74, 6) is 4.15. The molecule has 0 N–H and O–H groups in total. The number of amidine groups is 3. The lowest BCUT2D eigenvalue weighted by Crippen LogP contribution is -2.42. The molecule has 0 amide bonds. The van der Waals surface area contributed by atoms with Gasteiger partial charge >= 0.3 is 0 Å². The van der Waals surface area contributed by atoms with Gasteiger partial charge in [0.2, 0.25) is 5.96 Å². The summed E-state index contributed by atoms with van der Waals surface area (Å²) in [5.41, 5.74) is -0.105. The quantitative estimate of drug-likeness (QED) is 0.654. The summed E-state index contributed by atoms with van der Waals surface area (Å²) < 4.78 is 0. The fourth-order valence-corrected chi connectivity index (χ4v) is 2.83. The predicted octanol–water partition coefficient (Wildman–Crippen LogP) is 4.68. The minimum atomic E-state index is -0.105. The van der Waals surface area contributed by atoms with Crippen molar-refractivity contribution >= 4 is 23.5 Å². The molecule has 0 saturated heterocycles. The highest BCUT2D eigenvalue weighted by molar-refractivity contribution is 6.21. The topological polar surface area (TPSA) is 52.7 Å². The van der Waals surface area contributed by atoms with E-state index in [1.54, 1.807) is 0 Å². The highest BCUT2D eigenvalue weighted by atomic mass is 15.4. The lowest BCUT2D eigenvalue weighted by molar-refractivity contribution is 0.571. The van der Waals surface area contributed by atoms with Crippen LogP contribution in [0.4, 0.5) is 0 Å². The van der Waals surface area contributed by atoms with Gasteiger partial charge in [-0.05, 0) is 18.6 Å². The Balaban J connectivity index is 1.80. The highest BCUT2D eigenvalue weighted by Crippen LogP contribution is 2.28. The molecule has 0 aromatic rings. The molecular weight excluding hydrogens is 298 g/mol. The van der Waals surface area contributed by atoms with E-state index in [4.69, 9.17) is 20.0 Å². The van der Waals surface area contributed by atoms with E-state index in [0.29, 0.717) is 5.96 Å². The standard InChI is InChI=1S/C19H27N5/c1-5-6-7-8-9-11-14-20-15-12-10-13-16-22-17(19(2,3)4)23-18(21-14)24(15)16/h10,12-13H,5-9,11H2,1-4H3. The van der Waals surface area contributed by atoms with Crippen molar-refractivity contribution in [2.24, 2.45) is 25.4 Å². The number of unbranched alkanes of at least 4 members (excludes halogenated alkanes) is 4. The molecule has 0 radical (unpaired) electrons. The van der Waals surface area contributed by atoms with E-state index in [2.05, 4.69) is 27.7 Å². The summed E-state index contributed by atoms with van der Waals surface area (Å²) in [5, 5.41) is 0. The Morgan fingerprint density at radius 2 is 1.75 bits per heavy atom. The van der Waals surface area contributed by atoms with Crippen molar-refractivity contribution in [3.05, 3.63) is 24.0 Å². The van der Waals surface area contributed by atoms with E-state index in [-0.39, 0.29) is 5.41 Å². The van der Waals surface area contributed by atoms with Crippen molar-refractivity contribution in [2.75, 3.05) is 0 Å². The molecule has 5 nitrogen and oxygen atoms in total. The first-order valence-corrected chi connectivity index (χ1v) is 9.01. The summed E-state index contributed by atoms with van der Waals surface area (Å²) in [7, 11) is 0. The highest BCUT2D eigenvalue weighted by Gasteiger charge is 2.33. The second kappa shape index (κ2) is 6.83. The second-order valence-corrected chi connectivity index (χ2v) is 7.48. The molecule has 3 aliphatic rings. The van der Waals surface area contributed by atoms with Crippen molar-refractivity contribution in [2.45, 2.75) is 66.2 Å². The van der Waals surface area contributed by atoms with E-state index in [1.165, 1.54) is 25.7 Å². The average Bonchev–Trinajstić information content (AvgIpc) is 2.54. The van der Waals surface area contributed by atoms with Gasteiger partial charge in [0, 0.05) is 11.8 Å². The van der Waals surface area contributed by atoms with Crippen LogP contribution in [0, 0.1) is 5.41 Å². The summed E-state index contributed by atoms with van der Waals surface area (Å²) >= 11 is 0. The van der Waals surface area contributed by atoms with Crippen molar-refractivity contribution in [3.8, 4) is 0 Å². The van der Waals surface area contributed by atoms with Crippen LogP contribution >= 0.6 is 0 Å². The molecule has 3 aliphatic heterocycles. The minimum absolute atomic E-state index is 0.105. The molecular formula is C19H27N5. The van der Waals surface area contributed by atoms with Crippen LogP contribution < -0.4 is 0 Å². The Morgan fingerprint density at radius 1 is 0.958 bits per heavy atom. The fraction of sp³-hybridized carbons (Fsp3) is 0.579. The molecule has 5 heteroatoms. The molecule has 0 saturated carbocycles. The number of hydrogen-bond donors (Lipinski definition) is 0. The number of rotatable bonds is 6. The van der Waals surface area contributed by atoms with Crippen LogP contribution in [0.15, 0.2) is 44.0 Å². The van der Waals surface area contributed by atoms with Crippen LogP contribution in [0.5, 0.6) is 0 Å². The van der Waals surface area contributed by atoms with E-state index >= 15 is 0 Å². The SMILES string of the molecule is CCCCCCCC1=NC2=NC(C(C)(C)C)=NC3=CC=CC(=N1)N32. The first-order valence-electron chi connectivity index (χ1n) is 9.01. The van der Waals surface area contributed by atoms with Crippen LogP contribution in [0.3, 0.4) is 0 Å². The molecule has 0 fully saturated rings. The molecule has 128 valence electrons. The molecule has 0 aliphatic carbocycles. The Bertz CT molecular complexity index is 683. The Labute approximate surface area is 144 Å². The zero-order valence-corrected chi connectivity index (χ0v) is 15.2. The van der Waals surface area contributed by atoms with E-state index in [1.807, 2.05) is 23.1 Å². The van der Waals surface area contributed by atoms with Gasteiger partial charge in [-0.3, -0.25) is 0 Å². The number of allylic oxidation sites excluding steroid dienone is 2. The lowest BCUT2D eigenvalue weighted by Gasteiger charge is -2.33. The zero-order chi connectivity index (χ0) is 17.2. The number of guanidine groups is 1. The second-order valence-electron chi connectivity index (χ2n) is 7.48. The molecule has 0 atom stereocenters. The van der Waals surface area contributed by atoms with Crippen molar-refractivity contribution in [1.29, 1.82) is 0 Å². The first kappa shape index (κ1) is 16.8. The van der Waals surface area contributed by atoms with Gasteiger partial charge in [-0.15, -0.1) is 0 Å². The molecule has 0 bridgehead atoms. The van der Waals surface area contributed by atoms with Gasteiger partial charge in [-0.25, -0.2) is 14.9 Å². The predicted molar refractivity (Wildman–Crippen MR) is 102 cm³/mol. The maximum Gasteiger partial charge on any atom is 0.240 e. The number of aliphatic imine (C=N–C) groups is 4. The molecule has 0 aromatic heterocycles. The molecule has 3 rings (SSSR count). The normalized spacial score (nSPS) is 19.2. The summed E-state index contributed by atoms with van der Waals surface area (Å²) in [6.07, 6.45) is 13.2. The Hall–Kier alpha value is -2.04. The molecule has 0 unspecified atom stereocenters. The third-order valence-electron chi connectivity index (χ3n) is 4.22. The van der Waals surface area contributed by atoms with Crippen LogP contribution in [-0.4, -0.2) is 28.4 Å². The molecule has 24 heavy (non-hydrogen) atoms. The van der Waals surface area contributed by atoms with E-state index in [9.17, 15) is 0 Å². The summed E-state index contributed by atoms with van der Waals surface area (Å²) in [4.78, 5) is 20.8. The summed E-state index contributed by atoms with van der Waals surface area (Å²) in [6, 6.07) is 0. The smallest absolute Gasteiger partial charge is 0.240 e. The van der Waals surface area contributed by atoms with Gasteiger partial charge in [-0.1, -0.05) is 59.5 Å². The van der Waals surface area contributed by atoms with E-state index in [0.717, 1.165) is 36.2 Å². The third-order valence-corrected chi connectivity index (χ3v) is 4.22. The van der Waals surface area contributed by atoms with E-state index < -0.39 is 0 Å². The first-order chi connectivity index (χ1) is 11.5. The van der Waals surface area contributed by atoms with Gasteiger partial charge in [-0.2, -0.15) is 9.98 Å². The Morgan fingerprint density at radius 3 is 2.50 bits per heavy atom. The lowest BCUT2D eigenvalue weighted by atomic mass is 9.95. The molecule has 0 aromatic carbocycles. The maximum absolute atomic E-state index is 4.72. The molecule has 3 heterocycles. The van der Waals surface area contributed by atoms with Gasteiger partial charge < -0.3 is 0 Å². The molecule has 0 spiro atoms. The van der Waals surface area contributed by atoms with Crippen LogP contribution in [-0.2, 0) is 0 Å². The maximum atomic E-state index is 4.72. The minimum Gasteiger partial charge on any atom is -0.246 e. The van der Waals surface area contributed by atoms with Crippen molar-refractivity contribution in [3.63, 3.8) is 0 Å². The largest absolute Gasteiger partial charge is 0.246 e. The average molecular weight is 325 g/mol. The van der Waals surface area contributed by atoms with Gasteiger partial charge in [0.1, 0.15) is 23.3 Å². The van der Waals surface area contributed by atoms with Crippen LogP contribution in [0.2, 0.25) is 0 Å². The zero-order valence-electron chi connectivity index (χ0n) is 15.2. The van der Waals surface area contributed by atoms with Crippen molar-refractivity contribution < 1.29 is 0 Å². The van der Waals surface area contributed by atoms with Gasteiger partial charge in [0.25, 0.3) is 0 Å². The van der Waals surface area contributed by atoms with Gasteiger partial charge in [0.05, 0.1) is 0 Å². The van der Waals surface area contributed by atoms with Crippen LogP contribution in [0.1, 0.15) is 66.2 Å². The third kappa shape index (κ3) is 3.55. The van der Waals surface area contributed by atoms with Gasteiger partial charge in [0.15, 0.2) is 0 Å².